The number of nitrogens with zero attached hydrogens (tertiary/aromatic N) is 1. The van der Waals surface area contributed by atoms with Crippen LogP contribution in [0.25, 0.3) is 11.1 Å². The van der Waals surface area contributed by atoms with E-state index in [1.54, 1.807) is 19.2 Å². The summed E-state index contributed by atoms with van der Waals surface area (Å²) in [7, 11) is -1.93. The van der Waals surface area contributed by atoms with Crippen molar-refractivity contribution in [2.24, 2.45) is 5.73 Å². The van der Waals surface area contributed by atoms with E-state index in [2.05, 4.69) is 15.0 Å². The van der Waals surface area contributed by atoms with Crippen LogP contribution in [0.5, 0.6) is 5.06 Å². The molecule has 0 radical (unpaired) electrons. The van der Waals surface area contributed by atoms with Gasteiger partial charge in [-0.05, 0) is 23.3 Å². The van der Waals surface area contributed by atoms with E-state index in [4.69, 9.17) is 10.5 Å². The number of carbonyl (C=O) groups is 1. The second-order valence-electron chi connectivity index (χ2n) is 6.23. The molecule has 10 heteroatoms. The normalized spacial score (nSPS) is 11.1. The third kappa shape index (κ3) is 5.24. The smallest absolute Gasteiger partial charge is 0.317 e. The van der Waals surface area contributed by atoms with Crippen LogP contribution in [-0.2, 0) is 16.4 Å². The van der Waals surface area contributed by atoms with Crippen molar-refractivity contribution in [2.75, 3.05) is 23.4 Å². The van der Waals surface area contributed by atoms with Crippen LogP contribution in [0.15, 0.2) is 48.7 Å². The van der Waals surface area contributed by atoms with Crippen molar-refractivity contribution in [2.45, 2.75) is 6.42 Å². The Bertz CT molecular complexity index is 1130. The fraction of sp³-hybridized carbons (Fsp3) is 0.158. The molecule has 0 fully saturated rings. The maximum atomic E-state index is 11.6. The Balaban J connectivity index is 2.16. The van der Waals surface area contributed by atoms with Gasteiger partial charge in [0.05, 0.1) is 13.4 Å². The first-order chi connectivity index (χ1) is 13.8. The molecule has 2 aromatic heterocycles. The number of methoxy groups -OCH3 is 1. The van der Waals surface area contributed by atoms with Crippen molar-refractivity contribution >= 4 is 38.2 Å². The zero-order chi connectivity index (χ0) is 21.0. The molecule has 2 heterocycles. The standard InChI is InChI=1S/C19H20N4O4S2/c1-27-18-14(10-12-6-4-3-5-7-12)16(17(28-18)22-19(20)24)13-8-9-21-15(11-13)23-29(2,25)26/h3-9,11H,10H2,1-2H3,(H,21,23)(H3,20,22,24). The van der Waals surface area contributed by atoms with Gasteiger partial charge in [-0.3, -0.25) is 10.0 Å². The summed E-state index contributed by atoms with van der Waals surface area (Å²) in [4.78, 5) is 15.6. The first-order valence-electron chi connectivity index (χ1n) is 8.51. The first kappa shape index (κ1) is 20.6. The highest BCUT2D eigenvalue weighted by molar-refractivity contribution is 7.92. The van der Waals surface area contributed by atoms with E-state index in [-0.39, 0.29) is 5.82 Å². The molecule has 0 atom stereocenters. The van der Waals surface area contributed by atoms with Gasteiger partial charge in [0.2, 0.25) is 10.0 Å². The van der Waals surface area contributed by atoms with Gasteiger partial charge in [0.25, 0.3) is 0 Å². The Hall–Kier alpha value is -3.11. The summed E-state index contributed by atoms with van der Waals surface area (Å²) in [5.41, 5.74) is 8.62. The second kappa shape index (κ2) is 8.50. The number of hydrogen-bond acceptors (Lipinski definition) is 6. The number of pyridine rings is 1. The van der Waals surface area contributed by atoms with Gasteiger partial charge in [-0.15, -0.1) is 0 Å². The maximum absolute atomic E-state index is 11.6. The van der Waals surface area contributed by atoms with Crippen LogP contribution in [-0.4, -0.2) is 32.8 Å². The molecule has 3 aromatic rings. The van der Waals surface area contributed by atoms with Gasteiger partial charge in [-0.25, -0.2) is 18.2 Å². The van der Waals surface area contributed by atoms with Crippen molar-refractivity contribution < 1.29 is 17.9 Å². The average Bonchev–Trinajstić information content (AvgIpc) is 2.97. The predicted molar refractivity (Wildman–Crippen MR) is 115 cm³/mol. The van der Waals surface area contributed by atoms with Crippen molar-refractivity contribution in [1.29, 1.82) is 0 Å². The number of nitrogens with one attached hydrogen (secondary N) is 2. The number of sulfonamides is 1. The molecule has 0 spiro atoms. The van der Waals surface area contributed by atoms with Crippen LogP contribution in [0.2, 0.25) is 0 Å². The molecular weight excluding hydrogens is 412 g/mol. The van der Waals surface area contributed by atoms with E-state index in [9.17, 15) is 13.2 Å². The lowest BCUT2D eigenvalue weighted by molar-refractivity contribution is 0.259. The number of hydrogen-bond donors (Lipinski definition) is 3. The zero-order valence-corrected chi connectivity index (χ0v) is 17.4. The average molecular weight is 433 g/mol. The first-order valence-corrected chi connectivity index (χ1v) is 11.2. The largest absolute Gasteiger partial charge is 0.487 e. The molecule has 0 bridgehead atoms. The Morgan fingerprint density at radius 3 is 2.59 bits per heavy atom. The van der Waals surface area contributed by atoms with Gasteiger partial charge in [-0.2, -0.15) is 0 Å². The summed E-state index contributed by atoms with van der Waals surface area (Å²) in [5.74, 6) is 0.172. The van der Waals surface area contributed by atoms with Crippen molar-refractivity contribution in [3.05, 3.63) is 59.8 Å². The minimum Gasteiger partial charge on any atom is -0.487 e. The van der Waals surface area contributed by atoms with Crippen LogP contribution in [0.4, 0.5) is 15.6 Å². The predicted octanol–water partition coefficient (Wildman–Crippen LogP) is 3.27. The van der Waals surface area contributed by atoms with Gasteiger partial charge in [-0.1, -0.05) is 41.7 Å². The summed E-state index contributed by atoms with van der Waals surface area (Å²) in [6, 6.07) is 12.4. The second-order valence-corrected chi connectivity index (χ2v) is 8.96. The number of urea groups is 1. The Kier molecular flexibility index (Phi) is 6.04. The Morgan fingerprint density at radius 1 is 1.24 bits per heavy atom. The summed E-state index contributed by atoms with van der Waals surface area (Å²) in [6.45, 7) is 0. The third-order valence-electron chi connectivity index (χ3n) is 3.95. The molecule has 8 nitrogen and oxygen atoms in total. The molecule has 2 amide bonds. The van der Waals surface area contributed by atoms with Crippen molar-refractivity contribution in [1.82, 2.24) is 4.98 Å². The SMILES string of the molecule is COc1sc(NC(N)=O)c(-c2ccnc(NS(C)(=O)=O)c2)c1Cc1ccccc1. The number of rotatable bonds is 7. The highest BCUT2D eigenvalue weighted by Crippen LogP contribution is 2.46. The quantitative estimate of drug-likeness (QED) is 0.529. The number of aromatic nitrogens is 1. The van der Waals surface area contributed by atoms with Crippen LogP contribution in [0, 0.1) is 0 Å². The molecule has 4 N–H and O–H groups in total. The lowest BCUT2D eigenvalue weighted by atomic mass is 9.98. The number of thiophene rings is 1. The van der Waals surface area contributed by atoms with Gasteiger partial charge < -0.3 is 10.5 Å². The number of primary amides is 1. The Morgan fingerprint density at radius 2 is 1.97 bits per heavy atom. The van der Waals surface area contributed by atoms with Crippen LogP contribution < -0.4 is 20.5 Å². The lowest BCUT2D eigenvalue weighted by Crippen LogP contribution is -2.19. The Labute approximate surface area is 172 Å². The van der Waals surface area contributed by atoms with E-state index < -0.39 is 16.1 Å². The van der Waals surface area contributed by atoms with Crippen LogP contribution in [0.1, 0.15) is 11.1 Å². The zero-order valence-electron chi connectivity index (χ0n) is 15.8. The maximum Gasteiger partial charge on any atom is 0.317 e. The van der Waals surface area contributed by atoms with E-state index in [1.807, 2.05) is 30.3 Å². The van der Waals surface area contributed by atoms with E-state index in [0.29, 0.717) is 27.6 Å². The van der Waals surface area contributed by atoms with Gasteiger partial charge >= 0.3 is 6.03 Å². The van der Waals surface area contributed by atoms with E-state index in [0.717, 1.165) is 17.4 Å². The van der Waals surface area contributed by atoms with Crippen LogP contribution >= 0.6 is 11.3 Å². The summed E-state index contributed by atoms with van der Waals surface area (Å²) in [6.07, 6.45) is 3.09. The van der Waals surface area contributed by atoms with E-state index in [1.165, 1.54) is 17.5 Å². The molecular formula is C19H20N4O4S2. The minimum atomic E-state index is -3.49. The number of carbonyl (C=O) groups excluding carboxylic acids is 1. The molecule has 0 aliphatic heterocycles. The molecule has 152 valence electrons. The van der Waals surface area contributed by atoms with Gasteiger partial charge in [0, 0.05) is 23.7 Å². The fourth-order valence-electron chi connectivity index (χ4n) is 2.91. The molecule has 0 saturated carbocycles. The topological polar surface area (TPSA) is 123 Å². The summed E-state index contributed by atoms with van der Waals surface area (Å²) < 4.78 is 31.1. The van der Waals surface area contributed by atoms with E-state index >= 15 is 0 Å². The molecule has 0 aliphatic carbocycles. The molecule has 3 rings (SSSR count). The molecule has 0 unspecified atom stereocenters. The summed E-state index contributed by atoms with van der Waals surface area (Å²) >= 11 is 1.25. The van der Waals surface area contributed by atoms with Crippen molar-refractivity contribution in [3.8, 4) is 16.2 Å². The highest BCUT2D eigenvalue weighted by Gasteiger charge is 2.22. The summed E-state index contributed by atoms with van der Waals surface area (Å²) in [5, 5.41) is 3.78. The minimum absolute atomic E-state index is 0.172. The van der Waals surface area contributed by atoms with Gasteiger partial charge in [0.1, 0.15) is 10.8 Å². The number of nitrogens with two attached hydrogens (primary N) is 1. The fourth-order valence-corrected chi connectivity index (χ4v) is 4.46. The number of ether oxygens (including phenoxy) is 1. The number of amides is 2. The van der Waals surface area contributed by atoms with Gasteiger partial charge in [0.15, 0.2) is 5.06 Å². The molecule has 1 aromatic carbocycles. The number of benzene rings is 1. The molecule has 0 saturated heterocycles. The monoisotopic (exact) mass is 432 g/mol. The third-order valence-corrected chi connectivity index (χ3v) is 5.64. The molecule has 29 heavy (non-hydrogen) atoms. The highest BCUT2D eigenvalue weighted by atomic mass is 32.2. The number of anilines is 2. The molecule has 0 aliphatic rings. The van der Waals surface area contributed by atoms with Crippen molar-refractivity contribution in [3.63, 3.8) is 0 Å². The van der Waals surface area contributed by atoms with Crippen LogP contribution in [0.3, 0.4) is 0 Å². The lowest BCUT2D eigenvalue weighted by Gasteiger charge is -2.11.